The van der Waals surface area contributed by atoms with Gasteiger partial charge in [-0.15, -0.1) is 11.3 Å². The van der Waals surface area contributed by atoms with Gasteiger partial charge in [0, 0.05) is 12.2 Å². The lowest BCUT2D eigenvalue weighted by Gasteiger charge is -2.10. The number of aromatic nitrogens is 2. The van der Waals surface area contributed by atoms with Crippen LogP contribution in [-0.2, 0) is 6.42 Å². The Balaban J connectivity index is 1.72. The Bertz CT molecular complexity index is 799. The summed E-state index contributed by atoms with van der Waals surface area (Å²) in [5.74, 6) is 1.10. The number of hydrogen-bond acceptors (Lipinski definition) is 5. The van der Waals surface area contributed by atoms with Gasteiger partial charge in [0.05, 0.1) is 11.3 Å². The first-order valence-electron chi connectivity index (χ1n) is 7.75. The summed E-state index contributed by atoms with van der Waals surface area (Å²) < 4.78 is 5.33. The third-order valence-corrected chi connectivity index (χ3v) is 4.22. The molecule has 1 aromatic carbocycles. The van der Waals surface area contributed by atoms with E-state index in [1.807, 2.05) is 48.7 Å². The minimum Gasteiger partial charge on any atom is -0.339 e. The molecule has 0 bridgehead atoms. The van der Waals surface area contributed by atoms with Crippen LogP contribution in [0.25, 0.3) is 10.7 Å². The molecule has 0 aliphatic carbocycles. The van der Waals surface area contributed by atoms with E-state index < -0.39 is 0 Å². The topological polar surface area (TPSA) is 80.0 Å². The summed E-state index contributed by atoms with van der Waals surface area (Å²) in [6, 6.07) is 11.3. The van der Waals surface area contributed by atoms with Crippen molar-refractivity contribution < 1.29 is 9.32 Å². The molecule has 0 saturated carbocycles. The van der Waals surface area contributed by atoms with Crippen LogP contribution in [0, 0.1) is 0 Å². The highest BCUT2D eigenvalue weighted by molar-refractivity contribution is 7.13. The van der Waals surface area contributed by atoms with E-state index in [0.29, 0.717) is 24.7 Å². The van der Waals surface area contributed by atoms with Crippen LogP contribution in [0.15, 0.2) is 46.3 Å². The van der Waals surface area contributed by atoms with Gasteiger partial charge >= 0.3 is 6.03 Å². The lowest BCUT2D eigenvalue weighted by Crippen LogP contribution is -2.29. The lowest BCUT2D eigenvalue weighted by atomic mass is 10.1. The number of nitrogens with zero attached hydrogens (tertiary/aromatic N) is 2. The third-order valence-electron chi connectivity index (χ3n) is 3.35. The summed E-state index contributed by atoms with van der Waals surface area (Å²) in [6.45, 7) is 2.65. The summed E-state index contributed by atoms with van der Waals surface area (Å²) >= 11 is 1.56. The maximum absolute atomic E-state index is 11.9. The summed E-state index contributed by atoms with van der Waals surface area (Å²) in [6.07, 6.45) is 1.35. The van der Waals surface area contributed by atoms with Gasteiger partial charge in [-0.1, -0.05) is 36.3 Å². The second-order valence-corrected chi connectivity index (χ2v) is 6.15. The van der Waals surface area contributed by atoms with Crippen LogP contribution >= 0.6 is 11.3 Å². The summed E-state index contributed by atoms with van der Waals surface area (Å²) in [5, 5.41) is 11.6. The zero-order valence-electron chi connectivity index (χ0n) is 13.3. The van der Waals surface area contributed by atoms with Crippen molar-refractivity contribution in [1.82, 2.24) is 15.5 Å². The molecule has 2 N–H and O–H groups in total. The van der Waals surface area contributed by atoms with Crippen molar-refractivity contribution in [3.63, 3.8) is 0 Å². The smallest absolute Gasteiger partial charge is 0.319 e. The Morgan fingerprint density at radius 1 is 1.25 bits per heavy atom. The zero-order chi connectivity index (χ0) is 16.8. The Labute approximate surface area is 143 Å². The molecule has 0 aliphatic rings. The molecular weight excluding hydrogens is 324 g/mol. The van der Waals surface area contributed by atoms with Gasteiger partial charge in [0.2, 0.25) is 11.7 Å². The molecular formula is C17H18N4O2S. The van der Waals surface area contributed by atoms with Crippen molar-refractivity contribution in [2.45, 2.75) is 19.8 Å². The summed E-state index contributed by atoms with van der Waals surface area (Å²) in [4.78, 5) is 17.3. The first-order chi connectivity index (χ1) is 11.8. The predicted octanol–water partition coefficient (Wildman–Crippen LogP) is 3.92. The Kier molecular flexibility index (Phi) is 5.22. The van der Waals surface area contributed by atoms with Crippen LogP contribution in [0.1, 0.15) is 24.8 Å². The lowest BCUT2D eigenvalue weighted by molar-refractivity contribution is 0.252. The molecule has 2 amide bonds. The molecule has 0 fully saturated rings. The van der Waals surface area contributed by atoms with E-state index in [9.17, 15) is 4.79 Å². The number of anilines is 1. The fraction of sp³-hybridized carbons (Fsp3) is 0.235. The maximum Gasteiger partial charge on any atom is 0.319 e. The van der Waals surface area contributed by atoms with Crippen LogP contribution in [0.3, 0.4) is 0 Å². The van der Waals surface area contributed by atoms with Crippen molar-refractivity contribution in [1.29, 1.82) is 0 Å². The molecule has 7 heteroatoms. The van der Waals surface area contributed by atoms with Crippen molar-refractivity contribution in [2.75, 3.05) is 11.9 Å². The number of hydrogen-bond donors (Lipinski definition) is 2. The number of urea groups is 1. The van der Waals surface area contributed by atoms with E-state index in [-0.39, 0.29) is 6.03 Å². The summed E-state index contributed by atoms with van der Waals surface area (Å²) in [7, 11) is 0. The van der Waals surface area contributed by atoms with Gasteiger partial charge in [-0.2, -0.15) is 4.98 Å². The second kappa shape index (κ2) is 7.74. The number of benzene rings is 1. The van der Waals surface area contributed by atoms with E-state index in [1.165, 1.54) is 0 Å². The van der Waals surface area contributed by atoms with Gasteiger partial charge < -0.3 is 15.2 Å². The average Bonchev–Trinajstić information content (AvgIpc) is 3.26. The zero-order valence-corrected chi connectivity index (χ0v) is 14.1. The van der Waals surface area contributed by atoms with E-state index in [0.717, 1.165) is 22.5 Å². The van der Waals surface area contributed by atoms with Crippen molar-refractivity contribution in [3.8, 4) is 10.7 Å². The maximum atomic E-state index is 11.9. The van der Waals surface area contributed by atoms with Crippen LogP contribution < -0.4 is 10.6 Å². The van der Waals surface area contributed by atoms with Crippen molar-refractivity contribution in [2.24, 2.45) is 0 Å². The number of thiophene rings is 1. The molecule has 124 valence electrons. The predicted molar refractivity (Wildman–Crippen MR) is 94.2 cm³/mol. The molecule has 0 spiro atoms. The monoisotopic (exact) mass is 342 g/mol. The molecule has 24 heavy (non-hydrogen) atoms. The number of carbonyl (C=O) groups excluding carboxylic acids is 1. The molecule has 0 radical (unpaired) electrons. The number of para-hydroxylation sites is 1. The van der Waals surface area contributed by atoms with Crippen molar-refractivity contribution >= 4 is 23.1 Å². The molecule has 3 aromatic rings. The summed E-state index contributed by atoms with van der Waals surface area (Å²) in [5.41, 5.74) is 1.66. The van der Waals surface area contributed by atoms with Gasteiger partial charge in [0.25, 0.3) is 0 Å². The first kappa shape index (κ1) is 16.2. The van der Waals surface area contributed by atoms with Gasteiger partial charge in [-0.25, -0.2) is 4.79 Å². The van der Waals surface area contributed by atoms with Crippen molar-refractivity contribution in [3.05, 3.63) is 53.2 Å². The van der Waals surface area contributed by atoms with E-state index in [2.05, 4.69) is 20.8 Å². The minimum atomic E-state index is -0.214. The van der Waals surface area contributed by atoms with Gasteiger partial charge in [-0.05, 0) is 29.5 Å². The highest BCUT2D eigenvalue weighted by Crippen LogP contribution is 2.23. The fourth-order valence-electron chi connectivity index (χ4n) is 2.20. The molecule has 6 nitrogen and oxygen atoms in total. The number of rotatable bonds is 6. The minimum absolute atomic E-state index is 0.214. The molecule has 0 unspecified atom stereocenters. The molecule has 3 rings (SSSR count). The van der Waals surface area contributed by atoms with Gasteiger partial charge in [0.15, 0.2) is 0 Å². The normalized spacial score (nSPS) is 10.5. The molecule has 2 heterocycles. The molecule has 0 aliphatic heterocycles. The van der Waals surface area contributed by atoms with Crippen LogP contribution in [0.5, 0.6) is 0 Å². The molecule has 0 atom stereocenters. The van der Waals surface area contributed by atoms with Crippen LogP contribution in [-0.4, -0.2) is 22.7 Å². The van der Waals surface area contributed by atoms with E-state index in [4.69, 9.17) is 4.52 Å². The Morgan fingerprint density at radius 3 is 2.92 bits per heavy atom. The van der Waals surface area contributed by atoms with Gasteiger partial charge in [0.1, 0.15) is 0 Å². The quantitative estimate of drug-likeness (QED) is 0.711. The Morgan fingerprint density at radius 2 is 2.12 bits per heavy atom. The number of carbonyl (C=O) groups is 1. The third kappa shape index (κ3) is 3.99. The second-order valence-electron chi connectivity index (χ2n) is 5.20. The SMILES string of the molecule is CCCNC(=O)Nc1ccccc1Cc1nc(-c2cccs2)no1. The fourth-order valence-corrected chi connectivity index (χ4v) is 2.85. The standard InChI is InChI=1S/C17H18N4O2S/c1-2-9-18-17(22)19-13-7-4-3-6-12(13)11-15-20-16(21-23-15)14-8-5-10-24-14/h3-8,10H,2,9,11H2,1H3,(H2,18,19,22). The first-order valence-corrected chi connectivity index (χ1v) is 8.63. The average molecular weight is 342 g/mol. The Hall–Kier alpha value is -2.67. The highest BCUT2D eigenvalue weighted by Gasteiger charge is 2.13. The van der Waals surface area contributed by atoms with Gasteiger partial charge in [-0.3, -0.25) is 0 Å². The number of nitrogens with one attached hydrogen (secondary N) is 2. The van der Waals surface area contributed by atoms with E-state index >= 15 is 0 Å². The highest BCUT2D eigenvalue weighted by atomic mass is 32.1. The molecule has 2 aromatic heterocycles. The van der Waals surface area contributed by atoms with Crippen LogP contribution in [0.4, 0.5) is 10.5 Å². The number of amides is 2. The largest absolute Gasteiger partial charge is 0.339 e. The van der Waals surface area contributed by atoms with E-state index in [1.54, 1.807) is 11.3 Å². The molecule has 0 saturated heterocycles. The van der Waals surface area contributed by atoms with Crippen LogP contribution in [0.2, 0.25) is 0 Å².